The maximum atomic E-state index is 5.93. The maximum Gasteiger partial charge on any atom is 0.0426 e. The topological polar surface area (TPSA) is 29.3 Å². The van der Waals surface area contributed by atoms with Gasteiger partial charge in [0.05, 0.1) is 0 Å². The molecule has 0 fully saturated rings. The zero-order chi connectivity index (χ0) is 12.3. The highest BCUT2D eigenvalue weighted by Gasteiger charge is 2.03. The van der Waals surface area contributed by atoms with Crippen LogP contribution in [0.1, 0.15) is 11.1 Å². The Balaban J connectivity index is 2.14. The minimum absolute atomic E-state index is 0.849. The first-order valence-corrected chi connectivity index (χ1v) is 5.78. The molecule has 2 N–H and O–H groups in total. The Hall–Kier alpha value is -1.96. The van der Waals surface area contributed by atoms with E-state index < -0.39 is 0 Å². The number of anilines is 2. The summed E-state index contributed by atoms with van der Waals surface area (Å²) >= 11 is 0. The molecule has 0 saturated carbocycles. The number of nitrogen functional groups attached to an aromatic ring is 1. The van der Waals surface area contributed by atoms with Gasteiger partial charge in [-0.25, -0.2) is 0 Å². The third-order valence-electron chi connectivity index (χ3n) is 2.97. The second kappa shape index (κ2) is 4.91. The number of benzene rings is 2. The average Bonchev–Trinajstić information content (AvgIpc) is 2.34. The van der Waals surface area contributed by atoms with Crippen molar-refractivity contribution in [2.45, 2.75) is 13.5 Å². The smallest absolute Gasteiger partial charge is 0.0426 e. The van der Waals surface area contributed by atoms with Crippen molar-refractivity contribution < 1.29 is 0 Å². The lowest BCUT2D eigenvalue weighted by atomic mass is 10.1. The van der Waals surface area contributed by atoms with Gasteiger partial charge in [-0.3, -0.25) is 0 Å². The van der Waals surface area contributed by atoms with E-state index >= 15 is 0 Å². The van der Waals surface area contributed by atoms with Gasteiger partial charge in [0.15, 0.2) is 0 Å². The van der Waals surface area contributed by atoms with Gasteiger partial charge in [-0.05, 0) is 30.2 Å². The lowest BCUT2D eigenvalue weighted by molar-refractivity contribution is 0.923. The van der Waals surface area contributed by atoms with Gasteiger partial charge >= 0.3 is 0 Å². The van der Waals surface area contributed by atoms with Gasteiger partial charge in [0.2, 0.25) is 0 Å². The lowest BCUT2D eigenvalue weighted by Gasteiger charge is -2.20. The zero-order valence-corrected chi connectivity index (χ0v) is 10.4. The van der Waals surface area contributed by atoms with Crippen molar-refractivity contribution in [3.8, 4) is 0 Å². The average molecular weight is 226 g/mol. The second-order valence-electron chi connectivity index (χ2n) is 4.38. The molecule has 0 heterocycles. The molecule has 0 saturated heterocycles. The number of aryl methyl sites for hydroxylation is 1. The summed E-state index contributed by atoms with van der Waals surface area (Å²) in [6, 6.07) is 16.6. The van der Waals surface area contributed by atoms with Crippen LogP contribution in [0.2, 0.25) is 0 Å². The fourth-order valence-corrected chi connectivity index (χ4v) is 1.81. The molecule has 88 valence electrons. The quantitative estimate of drug-likeness (QED) is 0.814. The number of nitrogens with two attached hydrogens (primary N) is 1. The van der Waals surface area contributed by atoms with E-state index in [9.17, 15) is 0 Å². The summed E-state index contributed by atoms with van der Waals surface area (Å²) < 4.78 is 0. The maximum absolute atomic E-state index is 5.93. The van der Waals surface area contributed by atoms with Gasteiger partial charge in [-0.2, -0.15) is 0 Å². The fourth-order valence-electron chi connectivity index (χ4n) is 1.81. The van der Waals surface area contributed by atoms with E-state index in [0.29, 0.717) is 0 Å². The van der Waals surface area contributed by atoms with E-state index in [4.69, 9.17) is 5.73 Å². The first-order chi connectivity index (χ1) is 8.16. The normalized spacial score (nSPS) is 10.2. The SMILES string of the molecule is Cc1ccc(N(C)Cc2ccccc2)cc1N. The molecule has 2 nitrogen and oxygen atoms in total. The van der Waals surface area contributed by atoms with Crippen LogP contribution >= 0.6 is 0 Å². The van der Waals surface area contributed by atoms with E-state index in [2.05, 4.69) is 48.3 Å². The predicted octanol–water partition coefficient (Wildman–Crippen LogP) is 3.21. The van der Waals surface area contributed by atoms with Crippen molar-refractivity contribution >= 4 is 11.4 Å². The highest BCUT2D eigenvalue weighted by Crippen LogP contribution is 2.21. The van der Waals surface area contributed by atoms with Gasteiger partial charge in [-0.15, -0.1) is 0 Å². The molecule has 2 aromatic carbocycles. The first kappa shape index (κ1) is 11.5. The Morgan fingerprint density at radius 2 is 1.76 bits per heavy atom. The van der Waals surface area contributed by atoms with Crippen molar-refractivity contribution in [2.75, 3.05) is 17.7 Å². The van der Waals surface area contributed by atoms with E-state index in [0.717, 1.165) is 23.5 Å². The van der Waals surface area contributed by atoms with Crippen LogP contribution in [0.4, 0.5) is 11.4 Å². The van der Waals surface area contributed by atoms with Gasteiger partial charge < -0.3 is 10.6 Å². The zero-order valence-electron chi connectivity index (χ0n) is 10.4. The monoisotopic (exact) mass is 226 g/mol. The summed E-state index contributed by atoms with van der Waals surface area (Å²) in [5, 5.41) is 0. The van der Waals surface area contributed by atoms with Crippen LogP contribution < -0.4 is 10.6 Å². The molecule has 0 bridgehead atoms. The van der Waals surface area contributed by atoms with Gasteiger partial charge in [0, 0.05) is 25.0 Å². The van der Waals surface area contributed by atoms with Crippen LogP contribution in [0.3, 0.4) is 0 Å². The molecule has 0 unspecified atom stereocenters. The summed E-state index contributed by atoms with van der Waals surface area (Å²) in [5.41, 5.74) is 10.4. The molecule has 0 aliphatic carbocycles. The van der Waals surface area contributed by atoms with E-state index in [1.165, 1.54) is 5.56 Å². The van der Waals surface area contributed by atoms with Crippen LogP contribution in [-0.2, 0) is 6.54 Å². The molecule has 0 aliphatic heterocycles. The van der Waals surface area contributed by atoms with E-state index in [1.807, 2.05) is 19.1 Å². The lowest BCUT2D eigenvalue weighted by Crippen LogP contribution is -2.16. The number of nitrogens with zero attached hydrogens (tertiary/aromatic N) is 1. The molecule has 0 radical (unpaired) electrons. The van der Waals surface area contributed by atoms with Crippen molar-refractivity contribution in [1.82, 2.24) is 0 Å². The summed E-state index contributed by atoms with van der Waals surface area (Å²) in [6.45, 7) is 2.92. The van der Waals surface area contributed by atoms with E-state index in [-0.39, 0.29) is 0 Å². The van der Waals surface area contributed by atoms with Crippen LogP contribution in [-0.4, -0.2) is 7.05 Å². The number of hydrogen-bond acceptors (Lipinski definition) is 2. The summed E-state index contributed by atoms with van der Waals surface area (Å²) in [7, 11) is 2.08. The second-order valence-corrected chi connectivity index (χ2v) is 4.38. The molecular weight excluding hydrogens is 208 g/mol. The molecule has 0 aromatic heterocycles. The number of hydrogen-bond donors (Lipinski definition) is 1. The Labute approximate surface area is 103 Å². The Bertz CT molecular complexity index is 492. The minimum Gasteiger partial charge on any atom is -0.398 e. The Morgan fingerprint density at radius 3 is 2.41 bits per heavy atom. The van der Waals surface area contributed by atoms with Crippen LogP contribution in [0.15, 0.2) is 48.5 Å². The molecule has 0 atom stereocenters. The Morgan fingerprint density at radius 1 is 1.06 bits per heavy atom. The van der Waals surface area contributed by atoms with Crippen molar-refractivity contribution in [3.63, 3.8) is 0 Å². The van der Waals surface area contributed by atoms with Gasteiger partial charge in [0.25, 0.3) is 0 Å². The summed E-state index contributed by atoms with van der Waals surface area (Å²) in [4.78, 5) is 2.20. The molecule has 2 aromatic rings. The van der Waals surface area contributed by atoms with Crippen LogP contribution in [0, 0.1) is 6.92 Å². The summed E-state index contributed by atoms with van der Waals surface area (Å²) in [5.74, 6) is 0. The highest BCUT2D eigenvalue weighted by molar-refractivity contribution is 5.59. The number of rotatable bonds is 3. The molecule has 0 amide bonds. The van der Waals surface area contributed by atoms with Gasteiger partial charge in [0.1, 0.15) is 0 Å². The first-order valence-electron chi connectivity index (χ1n) is 5.78. The van der Waals surface area contributed by atoms with Crippen molar-refractivity contribution in [3.05, 3.63) is 59.7 Å². The van der Waals surface area contributed by atoms with Crippen LogP contribution in [0.5, 0.6) is 0 Å². The summed E-state index contributed by atoms with van der Waals surface area (Å²) in [6.07, 6.45) is 0. The molecule has 17 heavy (non-hydrogen) atoms. The van der Waals surface area contributed by atoms with E-state index in [1.54, 1.807) is 0 Å². The molecule has 0 spiro atoms. The van der Waals surface area contributed by atoms with Crippen molar-refractivity contribution in [1.29, 1.82) is 0 Å². The third-order valence-corrected chi connectivity index (χ3v) is 2.97. The highest BCUT2D eigenvalue weighted by atomic mass is 15.1. The minimum atomic E-state index is 0.849. The molecule has 0 aliphatic rings. The van der Waals surface area contributed by atoms with Crippen LogP contribution in [0.25, 0.3) is 0 Å². The Kier molecular flexibility index (Phi) is 3.33. The van der Waals surface area contributed by atoms with Crippen molar-refractivity contribution in [2.24, 2.45) is 0 Å². The van der Waals surface area contributed by atoms with Gasteiger partial charge in [-0.1, -0.05) is 36.4 Å². The molecular formula is C15H18N2. The fraction of sp³-hybridized carbons (Fsp3) is 0.200. The largest absolute Gasteiger partial charge is 0.398 e. The molecule has 2 heteroatoms. The third kappa shape index (κ3) is 2.78. The molecule has 2 rings (SSSR count). The standard InChI is InChI=1S/C15H18N2/c1-12-8-9-14(10-15(12)16)17(2)11-13-6-4-3-5-7-13/h3-10H,11,16H2,1-2H3. The predicted molar refractivity (Wildman–Crippen MR) is 74.1 cm³/mol.